The van der Waals surface area contributed by atoms with Crippen molar-refractivity contribution in [1.82, 2.24) is 9.97 Å². The van der Waals surface area contributed by atoms with Crippen LogP contribution in [0.15, 0.2) is 35.1 Å². The van der Waals surface area contributed by atoms with Gasteiger partial charge in [0.1, 0.15) is 5.75 Å². The highest BCUT2D eigenvalue weighted by Crippen LogP contribution is 2.19. The third-order valence-electron chi connectivity index (χ3n) is 2.79. The van der Waals surface area contributed by atoms with Crippen LogP contribution >= 0.6 is 11.8 Å². The molecule has 1 aromatic carbocycles. The van der Waals surface area contributed by atoms with Crippen molar-refractivity contribution in [1.29, 1.82) is 0 Å². The summed E-state index contributed by atoms with van der Waals surface area (Å²) in [4.78, 5) is 18.9. The Morgan fingerprint density at radius 1 is 1.32 bits per heavy atom. The Hall–Kier alpha value is -1.95. The molecule has 5 nitrogen and oxygen atoms in total. The lowest BCUT2D eigenvalue weighted by Crippen LogP contribution is -2.12. The molecule has 0 bridgehead atoms. The number of benzene rings is 1. The smallest absolute Gasteiger partial charge is 0.252 e. The zero-order chi connectivity index (χ0) is 15.9. The molecular weight excluding hydrogens is 298 g/mol. The number of hydrogen-bond donors (Lipinski definition) is 2. The van der Waals surface area contributed by atoms with Gasteiger partial charge in [-0.05, 0) is 36.4 Å². The van der Waals surface area contributed by atoms with E-state index in [1.807, 2.05) is 31.2 Å². The molecule has 22 heavy (non-hydrogen) atoms. The summed E-state index contributed by atoms with van der Waals surface area (Å²) in [5, 5.41) is 3.61. The maximum Gasteiger partial charge on any atom is 0.252 e. The second-order valence-corrected chi connectivity index (χ2v) is 6.59. The average Bonchev–Trinajstić information content (AvgIpc) is 2.47. The molecule has 0 saturated carbocycles. The fourth-order valence-electron chi connectivity index (χ4n) is 1.83. The minimum Gasteiger partial charge on any atom is -0.494 e. The predicted molar refractivity (Wildman–Crippen MR) is 92.2 cm³/mol. The van der Waals surface area contributed by atoms with Crippen molar-refractivity contribution in [2.45, 2.75) is 31.8 Å². The number of rotatable bonds is 7. The van der Waals surface area contributed by atoms with Crippen molar-refractivity contribution in [2.75, 3.05) is 11.9 Å². The van der Waals surface area contributed by atoms with Gasteiger partial charge in [-0.2, -0.15) is 11.8 Å². The van der Waals surface area contributed by atoms with Gasteiger partial charge < -0.3 is 10.1 Å². The predicted octanol–water partition coefficient (Wildman–Crippen LogP) is 3.55. The minimum absolute atomic E-state index is 0.150. The van der Waals surface area contributed by atoms with E-state index >= 15 is 0 Å². The van der Waals surface area contributed by atoms with Gasteiger partial charge in [0.15, 0.2) is 0 Å². The van der Waals surface area contributed by atoms with Crippen LogP contribution in [-0.2, 0) is 5.75 Å². The molecule has 0 saturated heterocycles. The molecule has 118 valence electrons. The van der Waals surface area contributed by atoms with E-state index in [1.54, 1.807) is 17.8 Å². The Balaban J connectivity index is 2.09. The zero-order valence-electron chi connectivity index (χ0n) is 13.1. The van der Waals surface area contributed by atoms with Crippen molar-refractivity contribution >= 4 is 23.4 Å². The molecule has 0 fully saturated rings. The first kappa shape index (κ1) is 16.4. The number of aromatic amines is 1. The largest absolute Gasteiger partial charge is 0.494 e. The van der Waals surface area contributed by atoms with Gasteiger partial charge in [0.2, 0.25) is 5.95 Å². The Labute approximate surface area is 134 Å². The first-order chi connectivity index (χ1) is 10.6. The molecule has 0 aliphatic heterocycles. The summed E-state index contributed by atoms with van der Waals surface area (Å²) in [6, 6.07) is 9.07. The number of H-pyrrole nitrogens is 1. The van der Waals surface area contributed by atoms with Crippen LogP contribution in [0.4, 0.5) is 11.6 Å². The maximum atomic E-state index is 11.7. The number of nitrogens with zero attached hydrogens (tertiary/aromatic N) is 1. The van der Waals surface area contributed by atoms with Crippen molar-refractivity contribution in [3.63, 3.8) is 0 Å². The molecule has 1 aromatic heterocycles. The third kappa shape index (κ3) is 5.11. The number of ether oxygens (including phenoxy) is 1. The summed E-state index contributed by atoms with van der Waals surface area (Å²) in [6.45, 7) is 6.83. The summed E-state index contributed by atoms with van der Waals surface area (Å²) < 4.78 is 5.40. The summed E-state index contributed by atoms with van der Waals surface area (Å²) >= 11 is 1.76. The topological polar surface area (TPSA) is 67.0 Å². The van der Waals surface area contributed by atoms with Crippen molar-refractivity contribution < 1.29 is 4.74 Å². The maximum absolute atomic E-state index is 11.7. The quantitative estimate of drug-likeness (QED) is 0.817. The van der Waals surface area contributed by atoms with Crippen LogP contribution in [0.5, 0.6) is 5.75 Å². The van der Waals surface area contributed by atoms with Crippen LogP contribution < -0.4 is 15.6 Å². The number of thioether (sulfide) groups is 1. The van der Waals surface area contributed by atoms with Gasteiger partial charge in [-0.25, -0.2) is 4.98 Å². The van der Waals surface area contributed by atoms with Gasteiger partial charge in [0, 0.05) is 17.5 Å². The van der Waals surface area contributed by atoms with Crippen molar-refractivity contribution in [2.24, 2.45) is 0 Å². The minimum atomic E-state index is -0.150. The first-order valence-electron chi connectivity index (χ1n) is 7.28. The second kappa shape index (κ2) is 7.89. The van der Waals surface area contributed by atoms with Gasteiger partial charge in [0.25, 0.3) is 5.56 Å². The van der Waals surface area contributed by atoms with Gasteiger partial charge in [-0.1, -0.05) is 13.8 Å². The highest BCUT2D eigenvalue weighted by Gasteiger charge is 2.04. The van der Waals surface area contributed by atoms with Crippen LogP contribution in [0.1, 0.15) is 26.5 Å². The summed E-state index contributed by atoms with van der Waals surface area (Å²) in [7, 11) is 0. The lowest BCUT2D eigenvalue weighted by atomic mass is 10.3. The fraction of sp³-hybridized carbons (Fsp3) is 0.375. The van der Waals surface area contributed by atoms with Gasteiger partial charge in [-0.15, -0.1) is 0 Å². The molecule has 1 heterocycles. The molecule has 2 N–H and O–H groups in total. The Kier molecular flexibility index (Phi) is 5.89. The first-order valence-corrected chi connectivity index (χ1v) is 8.33. The number of hydrogen-bond acceptors (Lipinski definition) is 5. The van der Waals surface area contributed by atoms with Gasteiger partial charge in [-0.3, -0.25) is 9.78 Å². The molecule has 0 unspecified atom stereocenters. The fourth-order valence-corrected chi connectivity index (χ4v) is 2.48. The number of nitrogens with one attached hydrogen (secondary N) is 2. The standard InChI is InChI=1S/C16H21N3O2S/c1-4-21-14-7-5-12(6-8-14)17-16-18-13(9-15(20)19-16)10-22-11(2)3/h5-9,11H,4,10H2,1-3H3,(H2,17,18,19,20). The lowest BCUT2D eigenvalue weighted by Gasteiger charge is -2.09. The lowest BCUT2D eigenvalue weighted by molar-refractivity contribution is 0.340. The van der Waals surface area contributed by atoms with Crippen LogP contribution in [0.2, 0.25) is 0 Å². The molecule has 0 atom stereocenters. The van der Waals surface area contributed by atoms with Gasteiger partial charge >= 0.3 is 0 Å². The molecule has 0 aliphatic rings. The van der Waals surface area contributed by atoms with Crippen LogP contribution in [-0.4, -0.2) is 21.8 Å². The molecule has 0 aliphatic carbocycles. The number of aromatic nitrogens is 2. The van der Waals surface area contributed by atoms with Crippen LogP contribution in [0.25, 0.3) is 0 Å². The molecule has 0 spiro atoms. The highest BCUT2D eigenvalue weighted by molar-refractivity contribution is 7.99. The highest BCUT2D eigenvalue weighted by atomic mass is 32.2. The van der Waals surface area contributed by atoms with Crippen molar-refractivity contribution in [3.05, 3.63) is 46.4 Å². The van der Waals surface area contributed by atoms with E-state index in [1.165, 1.54) is 0 Å². The average molecular weight is 319 g/mol. The van der Waals surface area contributed by atoms with Crippen LogP contribution in [0.3, 0.4) is 0 Å². The van der Waals surface area contributed by atoms with E-state index in [2.05, 4.69) is 29.1 Å². The van der Waals surface area contributed by atoms with E-state index in [0.717, 1.165) is 22.9 Å². The van der Waals surface area contributed by atoms with E-state index in [9.17, 15) is 4.79 Å². The SMILES string of the molecule is CCOc1ccc(Nc2nc(CSC(C)C)cc(=O)[nH]2)cc1. The van der Waals surface area contributed by atoms with Crippen LogP contribution in [0, 0.1) is 0 Å². The molecule has 2 aromatic rings. The molecule has 2 rings (SSSR count). The van der Waals surface area contributed by atoms with E-state index in [-0.39, 0.29) is 5.56 Å². The summed E-state index contributed by atoms with van der Waals surface area (Å²) in [5.41, 5.74) is 1.47. The summed E-state index contributed by atoms with van der Waals surface area (Å²) in [6.07, 6.45) is 0. The summed E-state index contributed by atoms with van der Waals surface area (Å²) in [5.74, 6) is 1.99. The monoisotopic (exact) mass is 319 g/mol. The van der Waals surface area contributed by atoms with E-state index in [4.69, 9.17) is 4.74 Å². The Morgan fingerprint density at radius 3 is 2.68 bits per heavy atom. The Morgan fingerprint density at radius 2 is 2.05 bits per heavy atom. The molecule has 0 amide bonds. The molecule has 0 radical (unpaired) electrons. The molecular formula is C16H21N3O2S. The number of anilines is 2. The molecule has 6 heteroatoms. The second-order valence-electron chi connectivity index (χ2n) is 5.03. The van der Waals surface area contributed by atoms with Crippen molar-refractivity contribution in [3.8, 4) is 5.75 Å². The Bertz CT molecular complexity index is 653. The normalized spacial score (nSPS) is 10.7. The third-order valence-corrected chi connectivity index (χ3v) is 3.92. The van der Waals surface area contributed by atoms with E-state index in [0.29, 0.717) is 17.8 Å². The van der Waals surface area contributed by atoms with Gasteiger partial charge in [0.05, 0.1) is 12.3 Å². The van der Waals surface area contributed by atoms with E-state index < -0.39 is 0 Å². The zero-order valence-corrected chi connectivity index (χ0v) is 13.9.